The number of carbonyl (C=O) groups excluding carboxylic acids is 2. The third-order valence-corrected chi connectivity index (χ3v) is 6.51. The van der Waals surface area contributed by atoms with E-state index in [4.69, 9.17) is 21.4 Å². The van der Waals surface area contributed by atoms with Crippen LogP contribution in [0, 0.1) is 12.8 Å². The van der Waals surface area contributed by atoms with Crippen molar-refractivity contribution in [1.29, 1.82) is 0 Å². The maximum Gasteiger partial charge on any atom is 0.310 e. The maximum absolute atomic E-state index is 13.4. The van der Waals surface area contributed by atoms with Crippen LogP contribution in [0.4, 0.5) is 0 Å². The lowest BCUT2D eigenvalue weighted by atomic mass is 9.97. The zero-order valence-corrected chi connectivity index (χ0v) is 19.9. The fourth-order valence-corrected chi connectivity index (χ4v) is 4.73. The fourth-order valence-electron chi connectivity index (χ4n) is 4.60. The predicted octanol–water partition coefficient (Wildman–Crippen LogP) is 4.60. The quantitative estimate of drug-likeness (QED) is 0.582. The van der Waals surface area contributed by atoms with E-state index in [1.807, 2.05) is 48.2 Å². The largest absolute Gasteiger partial charge is 0.466 e. The molecule has 2 aromatic carbocycles. The van der Waals surface area contributed by atoms with Crippen molar-refractivity contribution in [2.75, 3.05) is 26.2 Å². The van der Waals surface area contributed by atoms with Gasteiger partial charge in [0, 0.05) is 18.0 Å². The second kappa shape index (κ2) is 10.5. The zero-order valence-electron chi connectivity index (χ0n) is 19.2. The van der Waals surface area contributed by atoms with E-state index >= 15 is 0 Å². The van der Waals surface area contributed by atoms with Gasteiger partial charge in [0.2, 0.25) is 0 Å². The molecule has 2 heterocycles. The lowest BCUT2D eigenvalue weighted by Gasteiger charge is -2.32. The van der Waals surface area contributed by atoms with Gasteiger partial charge in [-0.15, -0.1) is 0 Å². The molecule has 1 fully saturated rings. The predicted molar refractivity (Wildman–Crippen MR) is 129 cm³/mol. The number of amides is 1. The summed E-state index contributed by atoms with van der Waals surface area (Å²) < 4.78 is 5.20. The van der Waals surface area contributed by atoms with Crippen LogP contribution >= 0.6 is 11.6 Å². The van der Waals surface area contributed by atoms with Gasteiger partial charge >= 0.3 is 5.97 Å². The number of piperidine rings is 1. The Morgan fingerprint density at radius 3 is 2.70 bits per heavy atom. The molecule has 2 atom stereocenters. The van der Waals surface area contributed by atoms with Gasteiger partial charge in [-0.1, -0.05) is 53.6 Å². The van der Waals surface area contributed by atoms with Gasteiger partial charge in [0.05, 0.1) is 30.8 Å². The lowest BCUT2D eigenvalue weighted by Crippen LogP contribution is -2.44. The minimum Gasteiger partial charge on any atom is -0.466 e. The molecule has 0 N–H and O–H groups in total. The molecule has 0 spiro atoms. The first kappa shape index (κ1) is 23.5. The normalized spacial score (nSPS) is 21.1. The molecule has 6 nitrogen and oxygen atoms in total. The van der Waals surface area contributed by atoms with E-state index < -0.39 is 0 Å². The van der Waals surface area contributed by atoms with E-state index in [9.17, 15) is 9.59 Å². The molecule has 0 aliphatic carbocycles. The highest BCUT2D eigenvalue weighted by molar-refractivity contribution is 6.30. The van der Waals surface area contributed by atoms with Gasteiger partial charge in [-0.25, -0.2) is 5.01 Å². The highest BCUT2D eigenvalue weighted by atomic mass is 35.5. The summed E-state index contributed by atoms with van der Waals surface area (Å²) in [5.74, 6) is -0.416. The van der Waals surface area contributed by atoms with Crippen LogP contribution in [-0.2, 0) is 14.3 Å². The van der Waals surface area contributed by atoms with E-state index in [-0.39, 0.29) is 30.4 Å². The minimum absolute atomic E-state index is 0.0675. The van der Waals surface area contributed by atoms with Crippen molar-refractivity contribution in [2.45, 2.75) is 39.2 Å². The van der Waals surface area contributed by atoms with Crippen LogP contribution in [0.1, 0.15) is 48.9 Å². The Morgan fingerprint density at radius 2 is 1.97 bits per heavy atom. The number of carbonyl (C=O) groups is 2. The Kier molecular flexibility index (Phi) is 7.46. The Labute approximate surface area is 200 Å². The molecule has 2 aliphatic rings. The number of aryl methyl sites for hydroxylation is 1. The van der Waals surface area contributed by atoms with Crippen molar-refractivity contribution in [1.82, 2.24) is 9.91 Å². The minimum atomic E-state index is -0.184. The molecule has 0 radical (unpaired) electrons. The molecule has 0 bridgehead atoms. The lowest BCUT2D eigenvalue weighted by molar-refractivity contribution is -0.150. The molecule has 4 rings (SSSR count). The topological polar surface area (TPSA) is 62.2 Å². The number of hydrogen-bond acceptors (Lipinski definition) is 5. The second-order valence-electron chi connectivity index (χ2n) is 8.75. The van der Waals surface area contributed by atoms with Crippen LogP contribution < -0.4 is 0 Å². The van der Waals surface area contributed by atoms with Crippen molar-refractivity contribution in [3.8, 4) is 0 Å². The Bertz CT molecular complexity index is 1040. The number of likely N-dealkylation sites (tertiary alicyclic amines) is 1. The first-order valence-corrected chi connectivity index (χ1v) is 11.9. The SMILES string of the molecule is CCOC(=O)[C@H]1CCCN(CC(=O)N2N=C(c3cccc(C)c3)C[C@@H]2c2ccc(Cl)cc2)C1. The fraction of sp³-hybridized carbons (Fsp3) is 0.423. The number of hydrogen-bond donors (Lipinski definition) is 0. The molecule has 0 aromatic heterocycles. The van der Waals surface area contributed by atoms with Crippen LogP contribution in [-0.4, -0.2) is 53.7 Å². The molecule has 7 heteroatoms. The summed E-state index contributed by atoms with van der Waals surface area (Å²) in [5, 5.41) is 7.06. The van der Waals surface area contributed by atoms with Gasteiger partial charge in [-0.2, -0.15) is 5.10 Å². The van der Waals surface area contributed by atoms with Gasteiger partial charge in [-0.05, 0) is 56.5 Å². The zero-order chi connectivity index (χ0) is 23.4. The van der Waals surface area contributed by atoms with Crippen LogP contribution in [0.3, 0.4) is 0 Å². The van der Waals surface area contributed by atoms with Crippen molar-refractivity contribution >= 4 is 29.2 Å². The summed E-state index contributed by atoms with van der Waals surface area (Å²) in [6.07, 6.45) is 2.31. The molecular weight excluding hydrogens is 438 g/mol. The molecule has 174 valence electrons. The third-order valence-electron chi connectivity index (χ3n) is 6.26. The molecule has 33 heavy (non-hydrogen) atoms. The highest BCUT2D eigenvalue weighted by Crippen LogP contribution is 2.34. The number of esters is 1. The van der Waals surface area contributed by atoms with Gasteiger partial charge < -0.3 is 4.74 Å². The molecule has 2 aliphatic heterocycles. The number of rotatable bonds is 6. The average molecular weight is 468 g/mol. The molecule has 2 aromatic rings. The Balaban J connectivity index is 1.54. The average Bonchev–Trinajstić information content (AvgIpc) is 3.26. The van der Waals surface area contributed by atoms with Gasteiger partial charge in [-0.3, -0.25) is 14.5 Å². The summed E-state index contributed by atoms with van der Waals surface area (Å²) in [5.41, 5.74) is 4.09. The van der Waals surface area contributed by atoms with E-state index in [2.05, 4.69) is 19.1 Å². The van der Waals surface area contributed by atoms with Crippen molar-refractivity contribution in [2.24, 2.45) is 11.0 Å². The van der Waals surface area contributed by atoms with E-state index in [0.29, 0.717) is 24.6 Å². The molecule has 0 saturated carbocycles. The smallest absolute Gasteiger partial charge is 0.310 e. The summed E-state index contributed by atoms with van der Waals surface area (Å²) >= 11 is 6.10. The monoisotopic (exact) mass is 467 g/mol. The van der Waals surface area contributed by atoms with Crippen molar-refractivity contribution in [3.63, 3.8) is 0 Å². The Hall–Kier alpha value is -2.70. The molecule has 0 unspecified atom stereocenters. The van der Waals surface area contributed by atoms with Gasteiger partial charge in [0.25, 0.3) is 5.91 Å². The summed E-state index contributed by atoms with van der Waals surface area (Å²) in [7, 11) is 0. The van der Waals surface area contributed by atoms with Crippen LogP contribution in [0.2, 0.25) is 5.02 Å². The van der Waals surface area contributed by atoms with E-state index in [1.165, 1.54) is 0 Å². The first-order chi connectivity index (χ1) is 15.9. The number of nitrogens with zero attached hydrogens (tertiary/aromatic N) is 3. The highest BCUT2D eigenvalue weighted by Gasteiger charge is 2.35. The number of ether oxygens (including phenoxy) is 1. The van der Waals surface area contributed by atoms with E-state index in [0.717, 1.165) is 41.8 Å². The van der Waals surface area contributed by atoms with Crippen LogP contribution in [0.25, 0.3) is 0 Å². The number of halogens is 1. The summed E-state index contributed by atoms with van der Waals surface area (Å²) in [6, 6.07) is 15.6. The number of hydrazone groups is 1. The summed E-state index contributed by atoms with van der Waals surface area (Å²) in [6.45, 7) is 5.80. The number of benzene rings is 2. The molecule has 1 amide bonds. The standard InChI is InChI=1S/C26H30ClN3O3/c1-3-33-26(32)21-8-5-13-29(16-21)17-25(31)30-24(19-9-11-22(27)12-10-19)15-23(28-30)20-7-4-6-18(2)14-20/h4,6-7,9-12,14,21,24H,3,5,8,13,15-17H2,1-2H3/t21-,24+/m0/s1. The van der Waals surface area contributed by atoms with Gasteiger partial charge in [0.1, 0.15) is 0 Å². The second-order valence-corrected chi connectivity index (χ2v) is 9.19. The van der Waals surface area contributed by atoms with Crippen molar-refractivity contribution < 1.29 is 14.3 Å². The third kappa shape index (κ3) is 5.63. The first-order valence-electron chi connectivity index (χ1n) is 11.6. The van der Waals surface area contributed by atoms with E-state index in [1.54, 1.807) is 5.01 Å². The molecular formula is C26H30ClN3O3. The van der Waals surface area contributed by atoms with Crippen LogP contribution in [0.5, 0.6) is 0 Å². The van der Waals surface area contributed by atoms with Crippen LogP contribution in [0.15, 0.2) is 53.6 Å². The Morgan fingerprint density at radius 1 is 1.18 bits per heavy atom. The summed E-state index contributed by atoms with van der Waals surface area (Å²) in [4.78, 5) is 27.7. The van der Waals surface area contributed by atoms with Crippen molar-refractivity contribution in [3.05, 3.63) is 70.2 Å². The molecule has 1 saturated heterocycles. The maximum atomic E-state index is 13.4. The van der Waals surface area contributed by atoms with Gasteiger partial charge in [0.15, 0.2) is 0 Å².